The molecule has 0 unspecified atom stereocenters. The molecule has 0 N–H and O–H groups in total. The molecular formula is C23H24N2S. The van der Waals surface area contributed by atoms with E-state index in [1.165, 1.54) is 21.4 Å². The molecule has 26 heavy (non-hydrogen) atoms. The van der Waals surface area contributed by atoms with Crippen molar-refractivity contribution in [3.8, 4) is 11.3 Å². The van der Waals surface area contributed by atoms with E-state index in [1.54, 1.807) is 11.3 Å². The minimum Gasteiger partial charge on any atom is -0.235 e. The molecule has 0 saturated carbocycles. The van der Waals surface area contributed by atoms with E-state index in [0.717, 1.165) is 33.3 Å². The molecule has 0 aliphatic heterocycles. The van der Waals surface area contributed by atoms with Gasteiger partial charge in [-0.1, -0.05) is 50.1 Å². The first-order valence-corrected chi connectivity index (χ1v) is 9.80. The number of hydrogen-bond acceptors (Lipinski definition) is 3. The highest BCUT2D eigenvalue weighted by molar-refractivity contribution is 7.26. The van der Waals surface area contributed by atoms with Crippen LogP contribution >= 0.6 is 11.3 Å². The molecule has 0 atom stereocenters. The smallest absolute Gasteiger partial charge is 0.116 e. The van der Waals surface area contributed by atoms with Crippen LogP contribution in [0.2, 0.25) is 0 Å². The topological polar surface area (TPSA) is 25.8 Å². The molecule has 0 aliphatic rings. The Labute approximate surface area is 160 Å². The summed E-state index contributed by atoms with van der Waals surface area (Å²) in [5, 5.41) is 1.12. The van der Waals surface area contributed by atoms with E-state index >= 15 is 0 Å². The number of hydrogen-bond donors (Lipinski definition) is 0. The lowest BCUT2D eigenvalue weighted by molar-refractivity contribution is 0.411. The number of thiophene rings is 1. The summed E-state index contributed by atoms with van der Waals surface area (Å²) >= 11 is 1.74. The monoisotopic (exact) mass is 361 g/mol. The Hall–Kier alpha value is -2.26. The minimum atomic E-state index is 0.0788. The van der Waals surface area contributed by atoms with Crippen LogP contribution in [-0.4, -0.2) is 9.97 Å². The summed E-state index contributed by atoms with van der Waals surface area (Å²) < 4.78 is 10.4. The van der Waals surface area contributed by atoms with Gasteiger partial charge in [0.15, 0.2) is 0 Å². The van der Waals surface area contributed by atoms with Gasteiger partial charge in [-0.15, -0.1) is 11.3 Å². The third kappa shape index (κ3) is 3.24. The highest BCUT2D eigenvalue weighted by atomic mass is 32.1. The van der Waals surface area contributed by atoms with Gasteiger partial charge in [0, 0.05) is 15.6 Å². The molecule has 0 aliphatic carbocycles. The van der Waals surface area contributed by atoms with Gasteiger partial charge < -0.3 is 0 Å². The Morgan fingerprint density at radius 3 is 2.42 bits per heavy atom. The van der Waals surface area contributed by atoms with Crippen molar-refractivity contribution in [2.24, 2.45) is 5.41 Å². The zero-order valence-corrected chi connectivity index (χ0v) is 16.8. The fraction of sp³-hybridized carbons (Fsp3) is 0.304. The Kier molecular flexibility index (Phi) is 3.79. The maximum absolute atomic E-state index is 8.13. The predicted octanol–water partition coefficient (Wildman–Crippen LogP) is 6.72. The fourth-order valence-electron chi connectivity index (χ4n) is 3.60. The van der Waals surface area contributed by atoms with Crippen molar-refractivity contribution in [3.05, 3.63) is 59.4 Å². The molecule has 2 aromatic heterocycles. The molecule has 2 heterocycles. The number of nitrogens with zero attached hydrogens (tertiary/aromatic N) is 2. The third-order valence-corrected chi connectivity index (χ3v) is 5.65. The number of fused-ring (bicyclic) bond motifs is 3. The van der Waals surface area contributed by atoms with Crippen LogP contribution in [-0.2, 0) is 6.42 Å². The van der Waals surface area contributed by atoms with E-state index in [9.17, 15) is 0 Å². The molecule has 0 spiro atoms. The van der Waals surface area contributed by atoms with Crippen LogP contribution in [0.15, 0.2) is 42.7 Å². The first-order valence-electron chi connectivity index (χ1n) is 9.48. The summed E-state index contributed by atoms with van der Waals surface area (Å²) in [5.74, 6) is 0. The van der Waals surface area contributed by atoms with Gasteiger partial charge in [0.05, 0.1) is 15.9 Å². The summed E-state index contributed by atoms with van der Waals surface area (Å²) in [4.78, 5) is 8.96. The van der Waals surface area contributed by atoms with E-state index in [0.29, 0.717) is 0 Å². The van der Waals surface area contributed by atoms with Gasteiger partial charge in [-0.3, -0.25) is 0 Å². The average molecular weight is 362 g/mol. The summed E-state index contributed by atoms with van der Waals surface area (Å²) in [5.41, 5.74) is 6.84. The van der Waals surface area contributed by atoms with E-state index < -0.39 is 0 Å². The molecule has 2 aromatic carbocycles. The van der Waals surface area contributed by atoms with Crippen molar-refractivity contribution in [2.75, 3.05) is 0 Å². The van der Waals surface area contributed by atoms with Crippen LogP contribution in [0.5, 0.6) is 0 Å². The Balaban J connectivity index is 1.96. The molecule has 0 bridgehead atoms. The van der Waals surface area contributed by atoms with Gasteiger partial charge in [0.2, 0.25) is 0 Å². The van der Waals surface area contributed by atoms with Crippen molar-refractivity contribution < 1.29 is 1.37 Å². The lowest BCUT2D eigenvalue weighted by atomic mass is 9.88. The van der Waals surface area contributed by atoms with Crippen molar-refractivity contribution >= 4 is 31.6 Å². The summed E-state index contributed by atoms with van der Waals surface area (Å²) in [6.07, 6.45) is 1.12. The molecule has 132 valence electrons. The van der Waals surface area contributed by atoms with Gasteiger partial charge in [0.25, 0.3) is 0 Å². The quantitative estimate of drug-likeness (QED) is 0.396. The van der Waals surface area contributed by atoms with Gasteiger partial charge in [-0.2, -0.15) is 0 Å². The molecule has 0 radical (unpaired) electrons. The van der Waals surface area contributed by atoms with E-state index in [4.69, 9.17) is 1.37 Å². The second kappa shape index (κ2) is 6.17. The van der Waals surface area contributed by atoms with Gasteiger partial charge in [-0.05, 0) is 49.4 Å². The molecule has 4 aromatic rings. The maximum atomic E-state index is 8.13. The molecular weight excluding hydrogens is 336 g/mol. The summed E-state index contributed by atoms with van der Waals surface area (Å²) in [6.45, 7) is 11.0. The molecule has 3 heteroatoms. The standard InChI is InChI=1S/C23H24N2S/c1-14-8-15(2)10-17(9-14)20-22-21(25-13-24-20)18-7-6-16(11-19(18)26-22)12-23(3,4)5/h6-11,13H,12H2,1-5H3/i13D. The fourth-order valence-corrected chi connectivity index (χ4v) is 4.82. The van der Waals surface area contributed by atoms with Gasteiger partial charge in [0.1, 0.15) is 7.67 Å². The zero-order chi connectivity index (χ0) is 19.3. The number of rotatable bonds is 2. The van der Waals surface area contributed by atoms with Gasteiger partial charge in [-0.25, -0.2) is 9.97 Å². The molecule has 2 nitrogen and oxygen atoms in total. The SMILES string of the molecule is [2H]c1nc(-c2cc(C)cc(C)c2)c2sc3cc(CC(C)(C)C)ccc3c2n1. The van der Waals surface area contributed by atoms with Crippen LogP contribution in [0.3, 0.4) is 0 Å². The maximum Gasteiger partial charge on any atom is 0.116 e. The minimum absolute atomic E-state index is 0.0788. The van der Waals surface area contributed by atoms with Crippen molar-refractivity contribution in [3.63, 3.8) is 0 Å². The van der Waals surface area contributed by atoms with E-state index in [1.807, 2.05) is 0 Å². The Morgan fingerprint density at radius 1 is 1.00 bits per heavy atom. The number of benzene rings is 2. The van der Waals surface area contributed by atoms with Crippen LogP contribution in [0, 0.1) is 19.3 Å². The second-order valence-corrected chi connectivity index (χ2v) is 9.45. The first-order chi connectivity index (χ1) is 12.7. The summed E-state index contributed by atoms with van der Waals surface area (Å²) in [6, 6.07) is 13.1. The van der Waals surface area contributed by atoms with E-state index in [2.05, 4.69) is 81.0 Å². The molecule has 0 saturated heterocycles. The van der Waals surface area contributed by atoms with Crippen molar-refractivity contribution in [2.45, 2.75) is 41.0 Å². The van der Waals surface area contributed by atoms with Crippen LogP contribution in [0.1, 0.15) is 38.8 Å². The third-order valence-electron chi connectivity index (χ3n) is 4.50. The average Bonchev–Trinajstić information content (AvgIpc) is 2.89. The Bertz CT molecular complexity index is 1150. The van der Waals surface area contributed by atoms with Crippen molar-refractivity contribution in [1.29, 1.82) is 0 Å². The number of aromatic nitrogens is 2. The predicted molar refractivity (Wildman–Crippen MR) is 113 cm³/mol. The molecule has 0 fully saturated rings. The summed E-state index contributed by atoms with van der Waals surface area (Å²) in [7, 11) is 0. The second-order valence-electron chi connectivity index (χ2n) is 8.40. The van der Waals surface area contributed by atoms with E-state index in [-0.39, 0.29) is 11.7 Å². The van der Waals surface area contributed by atoms with Crippen LogP contribution < -0.4 is 0 Å². The highest BCUT2D eigenvalue weighted by Crippen LogP contribution is 2.38. The first kappa shape index (κ1) is 16.0. The largest absolute Gasteiger partial charge is 0.235 e. The van der Waals surface area contributed by atoms with Crippen LogP contribution in [0.4, 0.5) is 0 Å². The number of aryl methyl sites for hydroxylation is 2. The van der Waals surface area contributed by atoms with Crippen LogP contribution in [0.25, 0.3) is 31.6 Å². The normalized spacial score (nSPS) is 12.7. The van der Waals surface area contributed by atoms with Crippen molar-refractivity contribution in [1.82, 2.24) is 9.97 Å². The molecule has 0 amide bonds. The van der Waals surface area contributed by atoms with Gasteiger partial charge >= 0.3 is 0 Å². The highest BCUT2D eigenvalue weighted by Gasteiger charge is 2.16. The molecule has 4 rings (SSSR count). The zero-order valence-electron chi connectivity index (χ0n) is 17.0. The lowest BCUT2D eigenvalue weighted by Gasteiger charge is -2.17. The Morgan fingerprint density at radius 2 is 1.73 bits per heavy atom. The lowest BCUT2D eigenvalue weighted by Crippen LogP contribution is -2.08.